The van der Waals surface area contributed by atoms with Gasteiger partial charge in [-0.1, -0.05) is 19.8 Å². The maximum Gasteiger partial charge on any atom is 0.246 e. The Kier molecular flexibility index (Phi) is 3.44. The van der Waals surface area contributed by atoms with Crippen LogP contribution < -0.4 is 11.1 Å². The monoisotopic (exact) mass is 254 g/mol. The number of hydrogen-bond acceptors (Lipinski definition) is 5. The third-order valence-corrected chi connectivity index (χ3v) is 3.95. The van der Waals surface area contributed by atoms with Gasteiger partial charge >= 0.3 is 0 Å². The number of carbonyl (C=O) groups is 1. The Morgan fingerprint density at radius 2 is 2.41 bits per heavy atom. The molecule has 2 atom stereocenters. The van der Waals surface area contributed by atoms with E-state index in [2.05, 4.69) is 21.6 Å². The average Bonchev–Trinajstić information content (AvgIpc) is 2.63. The molecule has 94 valence electrons. The number of aromatic nitrogens is 2. The Bertz CT molecular complexity index is 419. The van der Waals surface area contributed by atoms with E-state index in [-0.39, 0.29) is 5.91 Å². The average molecular weight is 254 g/mol. The van der Waals surface area contributed by atoms with E-state index in [4.69, 9.17) is 5.73 Å². The lowest BCUT2D eigenvalue weighted by atomic mass is 9.76. The fraction of sp³-hybridized carbons (Fsp3) is 0.727. The Labute approximate surface area is 105 Å². The highest BCUT2D eigenvalue weighted by Gasteiger charge is 2.38. The zero-order valence-electron chi connectivity index (χ0n) is 10.2. The van der Waals surface area contributed by atoms with Crippen LogP contribution in [-0.4, -0.2) is 20.8 Å². The smallest absolute Gasteiger partial charge is 0.246 e. The second-order valence-corrected chi connectivity index (χ2v) is 5.71. The van der Waals surface area contributed by atoms with E-state index in [1.54, 1.807) is 6.92 Å². The van der Waals surface area contributed by atoms with Crippen LogP contribution in [0.4, 0.5) is 5.13 Å². The standard InChI is InChI=1S/C11H18N4OS/c1-7-4-3-5-11(12,6-7)9(16)14-10-13-8(2)15-17-10/h7H,3-6,12H2,1-2H3,(H,13,14,15,16). The van der Waals surface area contributed by atoms with Gasteiger partial charge in [-0.15, -0.1) is 0 Å². The zero-order valence-corrected chi connectivity index (χ0v) is 11.0. The molecular weight excluding hydrogens is 236 g/mol. The first-order valence-corrected chi connectivity index (χ1v) is 6.67. The zero-order chi connectivity index (χ0) is 12.5. The number of amides is 1. The van der Waals surface area contributed by atoms with E-state index in [0.29, 0.717) is 16.9 Å². The molecular formula is C11H18N4OS. The van der Waals surface area contributed by atoms with Gasteiger partial charge in [-0.3, -0.25) is 10.1 Å². The number of rotatable bonds is 2. The second-order valence-electron chi connectivity index (χ2n) is 4.96. The molecule has 1 amide bonds. The van der Waals surface area contributed by atoms with Crippen molar-refractivity contribution >= 4 is 22.6 Å². The summed E-state index contributed by atoms with van der Waals surface area (Å²) >= 11 is 1.19. The number of hydrogen-bond donors (Lipinski definition) is 2. The summed E-state index contributed by atoms with van der Waals surface area (Å²) < 4.78 is 4.03. The van der Waals surface area contributed by atoms with Crippen LogP contribution in [-0.2, 0) is 4.79 Å². The van der Waals surface area contributed by atoms with Gasteiger partial charge in [0.2, 0.25) is 11.0 Å². The molecule has 1 heterocycles. The molecule has 6 heteroatoms. The van der Waals surface area contributed by atoms with E-state index in [9.17, 15) is 4.79 Å². The van der Waals surface area contributed by atoms with Crippen LogP contribution >= 0.6 is 11.5 Å². The van der Waals surface area contributed by atoms with Crippen LogP contribution in [0, 0.1) is 12.8 Å². The molecule has 0 aliphatic heterocycles. The molecule has 1 fully saturated rings. The van der Waals surface area contributed by atoms with E-state index in [1.165, 1.54) is 11.5 Å². The summed E-state index contributed by atoms with van der Waals surface area (Å²) in [6.45, 7) is 3.94. The minimum atomic E-state index is -0.739. The number of aryl methyl sites for hydroxylation is 1. The molecule has 0 radical (unpaired) electrons. The maximum atomic E-state index is 12.1. The van der Waals surface area contributed by atoms with Gasteiger partial charge in [-0.05, 0) is 25.7 Å². The van der Waals surface area contributed by atoms with Crippen LogP contribution in [0.2, 0.25) is 0 Å². The van der Waals surface area contributed by atoms with Crippen molar-refractivity contribution in [3.63, 3.8) is 0 Å². The Morgan fingerprint density at radius 1 is 1.65 bits per heavy atom. The molecule has 17 heavy (non-hydrogen) atoms. The lowest BCUT2D eigenvalue weighted by Gasteiger charge is -2.34. The van der Waals surface area contributed by atoms with Gasteiger partial charge in [0.15, 0.2) is 0 Å². The van der Waals surface area contributed by atoms with Crippen LogP contribution in [0.25, 0.3) is 0 Å². The highest BCUT2D eigenvalue weighted by molar-refractivity contribution is 7.09. The predicted octanol–water partition coefficient (Wildman–Crippen LogP) is 1.69. The topological polar surface area (TPSA) is 80.9 Å². The maximum absolute atomic E-state index is 12.1. The number of anilines is 1. The molecule has 1 aromatic heterocycles. The molecule has 2 rings (SSSR count). The van der Waals surface area contributed by atoms with Gasteiger partial charge in [0.05, 0.1) is 5.54 Å². The number of nitrogens with one attached hydrogen (secondary N) is 1. The van der Waals surface area contributed by atoms with Crippen molar-refractivity contribution in [2.75, 3.05) is 5.32 Å². The molecule has 0 bridgehead atoms. The van der Waals surface area contributed by atoms with Crippen LogP contribution in [0.5, 0.6) is 0 Å². The van der Waals surface area contributed by atoms with Gasteiger partial charge in [0, 0.05) is 11.5 Å². The Morgan fingerprint density at radius 3 is 3.00 bits per heavy atom. The van der Waals surface area contributed by atoms with Crippen molar-refractivity contribution in [3.05, 3.63) is 5.82 Å². The molecule has 0 aromatic carbocycles. The SMILES string of the molecule is Cc1nsc(NC(=O)C2(N)CCCC(C)C2)n1. The second kappa shape index (κ2) is 4.70. The Hall–Kier alpha value is -1.01. The molecule has 1 saturated carbocycles. The highest BCUT2D eigenvalue weighted by Crippen LogP contribution is 2.31. The minimum absolute atomic E-state index is 0.125. The van der Waals surface area contributed by atoms with Gasteiger partial charge in [-0.25, -0.2) is 4.98 Å². The summed E-state index contributed by atoms with van der Waals surface area (Å²) in [5, 5.41) is 3.31. The normalized spacial score (nSPS) is 29.0. The lowest BCUT2D eigenvalue weighted by Crippen LogP contribution is -2.53. The first kappa shape index (κ1) is 12.4. The Balaban J connectivity index is 2.03. The molecule has 1 aliphatic rings. The molecule has 0 spiro atoms. The van der Waals surface area contributed by atoms with E-state index in [0.717, 1.165) is 25.7 Å². The third-order valence-electron chi connectivity index (χ3n) is 3.23. The largest absolute Gasteiger partial charge is 0.317 e. The van der Waals surface area contributed by atoms with Gasteiger partial charge in [0.25, 0.3) is 0 Å². The third kappa shape index (κ3) is 2.81. The fourth-order valence-electron chi connectivity index (χ4n) is 2.37. The predicted molar refractivity (Wildman–Crippen MR) is 67.8 cm³/mol. The summed E-state index contributed by atoms with van der Waals surface area (Å²) in [6, 6.07) is 0. The minimum Gasteiger partial charge on any atom is -0.317 e. The number of nitrogens with zero attached hydrogens (tertiary/aromatic N) is 2. The number of nitrogens with two attached hydrogens (primary N) is 1. The summed E-state index contributed by atoms with van der Waals surface area (Å²) in [6.07, 6.45) is 3.67. The van der Waals surface area contributed by atoms with Crippen molar-refractivity contribution in [2.45, 2.75) is 45.1 Å². The van der Waals surface area contributed by atoms with Crippen LogP contribution in [0.3, 0.4) is 0 Å². The van der Waals surface area contributed by atoms with Crippen molar-refractivity contribution in [3.8, 4) is 0 Å². The molecule has 0 saturated heterocycles. The fourth-order valence-corrected chi connectivity index (χ4v) is 2.94. The van der Waals surface area contributed by atoms with E-state index < -0.39 is 5.54 Å². The van der Waals surface area contributed by atoms with Crippen LogP contribution in [0.15, 0.2) is 0 Å². The van der Waals surface area contributed by atoms with Crippen LogP contribution in [0.1, 0.15) is 38.4 Å². The lowest BCUT2D eigenvalue weighted by molar-refractivity contribution is -0.122. The van der Waals surface area contributed by atoms with Crippen molar-refractivity contribution in [1.82, 2.24) is 9.36 Å². The molecule has 3 N–H and O–H groups in total. The molecule has 1 aromatic rings. The molecule has 5 nitrogen and oxygen atoms in total. The van der Waals surface area contributed by atoms with Crippen molar-refractivity contribution in [2.24, 2.45) is 11.7 Å². The quantitative estimate of drug-likeness (QED) is 0.841. The van der Waals surface area contributed by atoms with Crippen molar-refractivity contribution in [1.29, 1.82) is 0 Å². The number of carbonyl (C=O) groups excluding carboxylic acids is 1. The summed E-state index contributed by atoms with van der Waals surface area (Å²) in [5.41, 5.74) is 5.45. The summed E-state index contributed by atoms with van der Waals surface area (Å²) in [5.74, 6) is 1.06. The molecule has 2 unspecified atom stereocenters. The molecule has 1 aliphatic carbocycles. The van der Waals surface area contributed by atoms with Crippen molar-refractivity contribution < 1.29 is 4.79 Å². The summed E-state index contributed by atoms with van der Waals surface area (Å²) in [7, 11) is 0. The van der Waals surface area contributed by atoms with Gasteiger partial charge in [-0.2, -0.15) is 4.37 Å². The summed E-state index contributed by atoms with van der Waals surface area (Å²) in [4.78, 5) is 16.3. The van der Waals surface area contributed by atoms with E-state index in [1.807, 2.05) is 0 Å². The highest BCUT2D eigenvalue weighted by atomic mass is 32.1. The van der Waals surface area contributed by atoms with Gasteiger partial charge in [0.1, 0.15) is 5.82 Å². The first-order valence-electron chi connectivity index (χ1n) is 5.90. The first-order chi connectivity index (χ1) is 7.99. The van der Waals surface area contributed by atoms with E-state index >= 15 is 0 Å². The van der Waals surface area contributed by atoms with Gasteiger partial charge < -0.3 is 5.73 Å².